The number of hydrogen-bond acceptors (Lipinski definition) is 5. The van der Waals surface area contributed by atoms with Gasteiger partial charge in [0.2, 0.25) is 0 Å². The Kier molecular flexibility index (Phi) is 6.29. The van der Waals surface area contributed by atoms with Crippen LogP contribution in [0, 0.1) is 6.92 Å². The number of aromatic nitrogens is 1. The van der Waals surface area contributed by atoms with Crippen molar-refractivity contribution < 1.29 is 9.53 Å². The molecule has 1 aromatic carbocycles. The Bertz CT molecular complexity index is 772. The number of benzene rings is 1. The van der Waals surface area contributed by atoms with Crippen molar-refractivity contribution in [2.45, 2.75) is 39.5 Å². The van der Waals surface area contributed by atoms with Crippen molar-refractivity contribution in [3.63, 3.8) is 0 Å². The zero-order valence-electron chi connectivity index (χ0n) is 16.7. The maximum atomic E-state index is 12.6. The van der Waals surface area contributed by atoms with E-state index in [-0.39, 0.29) is 11.3 Å². The lowest BCUT2D eigenvalue weighted by Crippen LogP contribution is -2.37. The molecule has 1 fully saturated rings. The van der Waals surface area contributed by atoms with Gasteiger partial charge >= 0.3 is 0 Å². The number of aryl methyl sites for hydroxylation is 1. The minimum absolute atomic E-state index is 0.0455. The average molecular weight is 388 g/mol. The summed E-state index contributed by atoms with van der Waals surface area (Å²) >= 11 is 1.48. The molecule has 0 saturated carbocycles. The number of nitrogens with one attached hydrogen (secondary N) is 1. The molecule has 1 aromatic heterocycles. The van der Waals surface area contributed by atoms with Crippen molar-refractivity contribution in [3.8, 4) is 0 Å². The third kappa shape index (κ3) is 5.37. The van der Waals surface area contributed by atoms with Gasteiger partial charge in [0.05, 0.1) is 23.9 Å². The summed E-state index contributed by atoms with van der Waals surface area (Å²) in [7, 11) is 0. The Morgan fingerprint density at radius 1 is 1.22 bits per heavy atom. The number of rotatable bonds is 5. The first-order valence-electron chi connectivity index (χ1n) is 9.51. The van der Waals surface area contributed by atoms with Gasteiger partial charge in [0.1, 0.15) is 4.88 Å². The van der Waals surface area contributed by atoms with Gasteiger partial charge in [0.25, 0.3) is 5.91 Å². The van der Waals surface area contributed by atoms with Crippen LogP contribution in [0.4, 0.5) is 5.69 Å². The highest BCUT2D eigenvalue weighted by Crippen LogP contribution is 2.29. The predicted molar refractivity (Wildman–Crippen MR) is 111 cm³/mol. The van der Waals surface area contributed by atoms with Gasteiger partial charge in [-0.15, -0.1) is 11.3 Å². The zero-order chi connectivity index (χ0) is 19.4. The van der Waals surface area contributed by atoms with Gasteiger partial charge in [-0.05, 0) is 31.0 Å². The zero-order valence-corrected chi connectivity index (χ0v) is 17.5. The van der Waals surface area contributed by atoms with Gasteiger partial charge in [-0.2, -0.15) is 0 Å². The van der Waals surface area contributed by atoms with Crippen molar-refractivity contribution in [3.05, 3.63) is 45.4 Å². The third-order valence-corrected chi connectivity index (χ3v) is 6.26. The number of amides is 1. The van der Waals surface area contributed by atoms with Crippen LogP contribution in [0.25, 0.3) is 0 Å². The minimum Gasteiger partial charge on any atom is -0.379 e. The Morgan fingerprint density at radius 3 is 2.48 bits per heavy atom. The van der Waals surface area contributed by atoms with Crippen LogP contribution < -0.4 is 5.32 Å². The largest absolute Gasteiger partial charge is 0.379 e. The summed E-state index contributed by atoms with van der Waals surface area (Å²) in [5, 5.41) is 3.99. The van der Waals surface area contributed by atoms with E-state index in [1.54, 1.807) is 0 Å². The first-order chi connectivity index (χ1) is 12.8. The van der Waals surface area contributed by atoms with Crippen LogP contribution >= 0.6 is 11.3 Å². The molecule has 3 rings (SSSR count). The summed E-state index contributed by atoms with van der Waals surface area (Å²) in [6.07, 6.45) is 1.01. The van der Waals surface area contributed by atoms with Crippen LogP contribution in [-0.2, 0) is 16.6 Å². The highest BCUT2D eigenvalue weighted by atomic mass is 32.1. The fourth-order valence-electron chi connectivity index (χ4n) is 2.98. The van der Waals surface area contributed by atoms with E-state index in [2.05, 4.69) is 48.1 Å². The molecule has 6 heteroatoms. The maximum Gasteiger partial charge on any atom is 0.267 e. The predicted octanol–water partition coefficient (Wildman–Crippen LogP) is 3.88. The lowest BCUT2D eigenvalue weighted by molar-refractivity contribution is 0.0384. The Morgan fingerprint density at radius 2 is 1.89 bits per heavy atom. The number of thiazole rings is 1. The van der Waals surface area contributed by atoms with E-state index in [1.165, 1.54) is 16.9 Å². The lowest BCUT2D eigenvalue weighted by Gasteiger charge is -2.26. The van der Waals surface area contributed by atoms with E-state index in [1.807, 2.05) is 19.1 Å². The lowest BCUT2D eigenvalue weighted by atomic mass is 9.98. The van der Waals surface area contributed by atoms with Crippen molar-refractivity contribution >= 4 is 22.9 Å². The number of nitrogens with zero attached hydrogens (tertiary/aromatic N) is 2. The molecule has 0 bridgehead atoms. The molecule has 2 heterocycles. The first-order valence-corrected chi connectivity index (χ1v) is 10.3. The highest BCUT2D eigenvalue weighted by molar-refractivity contribution is 7.14. The van der Waals surface area contributed by atoms with Crippen LogP contribution in [0.5, 0.6) is 0 Å². The Labute approximate surface area is 165 Å². The summed E-state index contributed by atoms with van der Waals surface area (Å²) in [6.45, 7) is 13.0. The summed E-state index contributed by atoms with van der Waals surface area (Å²) in [5.41, 5.74) is 2.85. The molecule has 1 saturated heterocycles. The van der Waals surface area contributed by atoms with Gasteiger partial charge in [-0.3, -0.25) is 9.69 Å². The second-order valence-corrected chi connectivity index (χ2v) is 9.04. The van der Waals surface area contributed by atoms with Gasteiger partial charge in [0.15, 0.2) is 0 Å². The maximum absolute atomic E-state index is 12.6. The molecule has 5 nitrogen and oxygen atoms in total. The van der Waals surface area contributed by atoms with E-state index in [4.69, 9.17) is 4.74 Å². The smallest absolute Gasteiger partial charge is 0.267 e. The van der Waals surface area contributed by atoms with Crippen molar-refractivity contribution in [1.29, 1.82) is 0 Å². The number of ether oxygens (including phenoxy) is 1. The highest BCUT2D eigenvalue weighted by Gasteiger charge is 2.23. The number of morpholine rings is 1. The topological polar surface area (TPSA) is 54.5 Å². The Hall–Kier alpha value is -1.76. The molecule has 27 heavy (non-hydrogen) atoms. The fourth-order valence-corrected chi connectivity index (χ4v) is 4.00. The monoisotopic (exact) mass is 387 g/mol. The number of carbonyl (C=O) groups is 1. The molecule has 2 aromatic rings. The van der Waals surface area contributed by atoms with Gasteiger partial charge in [-0.25, -0.2) is 4.98 Å². The van der Waals surface area contributed by atoms with Crippen molar-refractivity contribution in [2.24, 2.45) is 0 Å². The number of carbonyl (C=O) groups excluding carboxylic acids is 1. The second-order valence-electron chi connectivity index (χ2n) is 8.04. The summed E-state index contributed by atoms with van der Waals surface area (Å²) in [6, 6.07) is 8.15. The van der Waals surface area contributed by atoms with Gasteiger partial charge < -0.3 is 10.1 Å². The molecule has 1 N–H and O–H groups in total. The first kappa shape index (κ1) is 20.0. The molecule has 0 atom stereocenters. The second kappa shape index (κ2) is 8.50. The molecular formula is C21H29N3O2S. The molecule has 0 aliphatic carbocycles. The Balaban J connectivity index is 1.57. The van der Waals surface area contributed by atoms with E-state index < -0.39 is 0 Å². The summed E-state index contributed by atoms with van der Waals surface area (Å²) < 4.78 is 5.38. The third-order valence-electron chi connectivity index (χ3n) is 4.68. The molecule has 146 valence electrons. The molecular weight excluding hydrogens is 358 g/mol. The molecule has 1 aliphatic heterocycles. The van der Waals surface area contributed by atoms with Crippen molar-refractivity contribution in [2.75, 3.05) is 38.2 Å². The van der Waals surface area contributed by atoms with Crippen molar-refractivity contribution in [1.82, 2.24) is 9.88 Å². The van der Waals surface area contributed by atoms with Crippen LogP contribution in [0.1, 0.15) is 46.7 Å². The van der Waals surface area contributed by atoms with Crippen LogP contribution in [-0.4, -0.2) is 48.6 Å². The van der Waals surface area contributed by atoms with Crippen LogP contribution in [0.3, 0.4) is 0 Å². The number of hydrogen-bond donors (Lipinski definition) is 1. The SMILES string of the molecule is Cc1nc(C(C)(C)C)sc1C(=O)Nc1ccc(CCN2CCOCC2)cc1. The van der Waals surface area contributed by atoms with E-state index >= 15 is 0 Å². The fraction of sp³-hybridized carbons (Fsp3) is 0.524. The standard InChI is InChI=1S/C21H29N3O2S/c1-15-18(27-20(22-15)21(2,3)4)19(25)23-17-7-5-16(6-8-17)9-10-24-11-13-26-14-12-24/h5-8H,9-14H2,1-4H3,(H,23,25). The molecule has 1 amide bonds. The molecule has 0 unspecified atom stereocenters. The normalized spacial score (nSPS) is 15.7. The molecule has 0 spiro atoms. The molecule has 1 aliphatic rings. The molecule has 0 radical (unpaired) electrons. The van der Waals surface area contributed by atoms with Gasteiger partial charge in [0, 0.05) is 30.7 Å². The van der Waals surface area contributed by atoms with Gasteiger partial charge in [-0.1, -0.05) is 32.9 Å². The van der Waals surface area contributed by atoms with Crippen LogP contribution in [0.2, 0.25) is 0 Å². The van der Waals surface area contributed by atoms with E-state index in [9.17, 15) is 4.79 Å². The van der Waals surface area contributed by atoms with E-state index in [0.717, 1.165) is 55.7 Å². The summed E-state index contributed by atoms with van der Waals surface area (Å²) in [4.78, 5) is 20.3. The number of anilines is 1. The van der Waals surface area contributed by atoms with E-state index in [0.29, 0.717) is 4.88 Å². The van der Waals surface area contributed by atoms with Crippen LogP contribution in [0.15, 0.2) is 24.3 Å². The quantitative estimate of drug-likeness (QED) is 0.846. The summed E-state index contributed by atoms with van der Waals surface area (Å²) in [5.74, 6) is -0.0819. The minimum atomic E-state index is -0.0819. The average Bonchev–Trinajstić information content (AvgIpc) is 3.04.